The summed E-state index contributed by atoms with van der Waals surface area (Å²) in [6.07, 6.45) is 0. The molecule has 0 spiro atoms. The van der Waals surface area contributed by atoms with Gasteiger partial charge in [0.15, 0.2) is 0 Å². The highest BCUT2D eigenvalue weighted by Gasteiger charge is 2.10. The predicted molar refractivity (Wildman–Crippen MR) is 46.0 cm³/mol. The predicted octanol–water partition coefficient (Wildman–Crippen LogP) is 0.757. The van der Waals surface area contributed by atoms with Gasteiger partial charge in [-0.2, -0.15) is 0 Å². The SMILES string of the molecule is CC/N=C(\C)N1CCOCC1. The summed E-state index contributed by atoms with van der Waals surface area (Å²) in [5.74, 6) is 1.15. The van der Waals surface area contributed by atoms with Crippen LogP contribution in [0.1, 0.15) is 13.8 Å². The summed E-state index contributed by atoms with van der Waals surface area (Å²) in [4.78, 5) is 6.61. The Labute approximate surface area is 68.1 Å². The fraction of sp³-hybridized carbons (Fsp3) is 0.875. The van der Waals surface area contributed by atoms with Crippen LogP contribution in [0.25, 0.3) is 0 Å². The van der Waals surface area contributed by atoms with E-state index in [4.69, 9.17) is 4.74 Å². The van der Waals surface area contributed by atoms with Crippen molar-refractivity contribution in [2.75, 3.05) is 32.8 Å². The minimum atomic E-state index is 0.844. The van der Waals surface area contributed by atoms with Crippen LogP contribution in [0.3, 0.4) is 0 Å². The summed E-state index contributed by atoms with van der Waals surface area (Å²) in [5, 5.41) is 0. The average molecular weight is 156 g/mol. The molecule has 0 unspecified atom stereocenters. The first-order chi connectivity index (χ1) is 5.34. The van der Waals surface area contributed by atoms with E-state index in [0.717, 1.165) is 38.7 Å². The molecule has 0 aromatic heterocycles. The summed E-state index contributed by atoms with van der Waals surface area (Å²) in [5.41, 5.74) is 0. The quantitative estimate of drug-likeness (QED) is 0.413. The van der Waals surface area contributed by atoms with Crippen LogP contribution < -0.4 is 0 Å². The lowest BCUT2D eigenvalue weighted by Crippen LogP contribution is -2.39. The van der Waals surface area contributed by atoms with E-state index < -0.39 is 0 Å². The first kappa shape index (κ1) is 8.53. The molecule has 1 aliphatic rings. The van der Waals surface area contributed by atoms with Crippen LogP contribution in [0, 0.1) is 0 Å². The minimum absolute atomic E-state index is 0.844. The molecule has 1 heterocycles. The number of rotatable bonds is 1. The van der Waals surface area contributed by atoms with E-state index >= 15 is 0 Å². The minimum Gasteiger partial charge on any atom is -0.378 e. The lowest BCUT2D eigenvalue weighted by molar-refractivity contribution is 0.0677. The fourth-order valence-electron chi connectivity index (χ4n) is 1.22. The molecule has 0 amide bonds. The highest BCUT2D eigenvalue weighted by Crippen LogP contribution is 1.98. The van der Waals surface area contributed by atoms with Crippen LogP contribution >= 0.6 is 0 Å². The van der Waals surface area contributed by atoms with Gasteiger partial charge in [-0.05, 0) is 13.8 Å². The smallest absolute Gasteiger partial charge is 0.0958 e. The molecule has 1 aliphatic heterocycles. The molecule has 3 heteroatoms. The van der Waals surface area contributed by atoms with Crippen molar-refractivity contribution in [2.24, 2.45) is 4.99 Å². The first-order valence-electron chi connectivity index (χ1n) is 4.18. The lowest BCUT2D eigenvalue weighted by Gasteiger charge is -2.28. The zero-order valence-corrected chi connectivity index (χ0v) is 7.34. The molecule has 0 aliphatic carbocycles. The Morgan fingerprint density at radius 1 is 1.45 bits per heavy atom. The van der Waals surface area contributed by atoms with Gasteiger partial charge in [-0.1, -0.05) is 0 Å². The number of aliphatic imine (C=N–C) groups is 1. The topological polar surface area (TPSA) is 24.8 Å². The molecule has 1 fully saturated rings. The van der Waals surface area contributed by atoms with E-state index in [1.807, 2.05) is 0 Å². The standard InChI is InChI=1S/C8H16N2O/c1-3-9-8(2)10-4-6-11-7-5-10/h3-7H2,1-2H3/b9-8+. The summed E-state index contributed by atoms with van der Waals surface area (Å²) in [7, 11) is 0. The third-order valence-corrected chi connectivity index (χ3v) is 1.86. The second-order valence-electron chi connectivity index (χ2n) is 2.62. The van der Waals surface area contributed by atoms with Gasteiger partial charge in [0, 0.05) is 19.6 Å². The van der Waals surface area contributed by atoms with Crippen molar-refractivity contribution in [1.29, 1.82) is 0 Å². The molecule has 0 aromatic rings. The zero-order chi connectivity index (χ0) is 8.10. The van der Waals surface area contributed by atoms with Crippen molar-refractivity contribution in [2.45, 2.75) is 13.8 Å². The zero-order valence-electron chi connectivity index (χ0n) is 7.34. The van der Waals surface area contributed by atoms with Gasteiger partial charge < -0.3 is 9.64 Å². The highest BCUT2D eigenvalue weighted by atomic mass is 16.5. The Kier molecular flexibility index (Phi) is 3.36. The molecule has 1 saturated heterocycles. The first-order valence-corrected chi connectivity index (χ1v) is 4.18. The fourth-order valence-corrected chi connectivity index (χ4v) is 1.22. The van der Waals surface area contributed by atoms with Gasteiger partial charge >= 0.3 is 0 Å². The molecule has 11 heavy (non-hydrogen) atoms. The summed E-state index contributed by atoms with van der Waals surface area (Å²) >= 11 is 0. The number of morpholine rings is 1. The Bertz CT molecular complexity index is 139. The van der Waals surface area contributed by atoms with Gasteiger partial charge in [0.25, 0.3) is 0 Å². The van der Waals surface area contributed by atoms with Crippen LogP contribution in [-0.2, 0) is 4.74 Å². The number of amidine groups is 1. The Balaban J connectivity index is 2.38. The van der Waals surface area contributed by atoms with Gasteiger partial charge in [0.2, 0.25) is 0 Å². The summed E-state index contributed by atoms with van der Waals surface area (Å²) in [6, 6.07) is 0. The molecular weight excluding hydrogens is 140 g/mol. The molecule has 0 saturated carbocycles. The van der Waals surface area contributed by atoms with Crippen molar-refractivity contribution in [1.82, 2.24) is 4.90 Å². The van der Waals surface area contributed by atoms with E-state index in [-0.39, 0.29) is 0 Å². The maximum absolute atomic E-state index is 5.23. The largest absolute Gasteiger partial charge is 0.378 e. The normalized spacial score (nSPS) is 20.5. The molecule has 0 bridgehead atoms. The maximum atomic E-state index is 5.23. The van der Waals surface area contributed by atoms with Gasteiger partial charge in [0.1, 0.15) is 0 Å². The van der Waals surface area contributed by atoms with Gasteiger partial charge in [0.05, 0.1) is 19.0 Å². The van der Waals surface area contributed by atoms with E-state index in [2.05, 4.69) is 23.7 Å². The number of hydrogen-bond acceptors (Lipinski definition) is 2. The summed E-state index contributed by atoms with van der Waals surface area (Å²) in [6.45, 7) is 8.68. The lowest BCUT2D eigenvalue weighted by atomic mass is 10.4. The second-order valence-corrected chi connectivity index (χ2v) is 2.62. The van der Waals surface area contributed by atoms with Crippen molar-refractivity contribution in [3.05, 3.63) is 0 Å². The molecule has 0 aromatic carbocycles. The number of hydrogen-bond donors (Lipinski definition) is 0. The molecule has 0 N–H and O–H groups in total. The second kappa shape index (κ2) is 4.34. The third kappa shape index (κ3) is 2.50. The summed E-state index contributed by atoms with van der Waals surface area (Å²) < 4.78 is 5.23. The molecule has 0 atom stereocenters. The van der Waals surface area contributed by atoms with Gasteiger partial charge in [-0.25, -0.2) is 0 Å². The molecule has 3 nitrogen and oxygen atoms in total. The van der Waals surface area contributed by atoms with Crippen LogP contribution in [0.5, 0.6) is 0 Å². The monoisotopic (exact) mass is 156 g/mol. The van der Waals surface area contributed by atoms with Crippen LogP contribution in [0.4, 0.5) is 0 Å². The molecule has 64 valence electrons. The highest BCUT2D eigenvalue weighted by molar-refractivity contribution is 5.79. The molecule has 1 rings (SSSR count). The van der Waals surface area contributed by atoms with Gasteiger partial charge in [-0.3, -0.25) is 4.99 Å². The van der Waals surface area contributed by atoms with E-state index in [1.165, 1.54) is 0 Å². The van der Waals surface area contributed by atoms with Crippen LogP contribution in [-0.4, -0.2) is 43.6 Å². The number of ether oxygens (including phenoxy) is 1. The Morgan fingerprint density at radius 2 is 2.09 bits per heavy atom. The van der Waals surface area contributed by atoms with E-state index in [9.17, 15) is 0 Å². The van der Waals surface area contributed by atoms with Crippen molar-refractivity contribution < 1.29 is 4.74 Å². The van der Waals surface area contributed by atoms with Crippen molar-refractivity contribution in [3.8, 4) is 0 Å². The number of nitrogens with zero attached hydrogens (tertiary/aromatic N) is 2. The average Bonchev–Trinajstić information content (AvgIpc) is 2.07. The van der Waals surface area contributed by atoms with E-state index in [0.29, 0.717) is 0 Å². The van der Waals surface area contributed by atoms with E-state index in [1.54, 1.807) is 0 Å². The Hall–Kier alpha value is -0.570. The van der Waals surface area contributed by atoms with Crippen molar-refractivity contribution >= 4 is 5.84 Å². The van der Waals surface area contributed by atoms with Gasteiger partial charge in [-0.15, -0.1) is 0 Å². The molecule has 0 radical (unpaired) electrons. The maximum Gasteiger partial charge on any atom is 0.0958 e. The van der Waals surface area contributed by atoms with Crippen LogP contribution in [0.15, 0.2) is 4.99 Å². The Morgan fingerprint density at radius 3 is 2.64 bits per heavy atom. The van der Waals surface area contributed by atoms with Crippen molar-refractivity contribution in [3.63, 3.8) is 0 Å². The van der Waals surface area contributed by atoms with Crippen LogP contribution in [0.2, 0.25) is 0 Å². The molecular formula is C8H16N2O. The third-order valence-electron chi connectivity index (χ3n) is 1.86.